The fraction of sp³-hybridized carbons (Fsp3) is 0.750. The lowest BCUT2D eigenvalue weighted by atomic mass is 9.94. The minimum Gasteiger partial charge on any atom is -0.375 e. The molecule has 1 aliphatic heterocycles. The third-order valence-corrected chi connectivity index (χ3v) is 3.83. The van der Waals surface area contributed by atoms with E-state index in [9.17, 15) is 0 Å². The summed E-state index contributed by atoms with van der Waals surface area (Å²) in [5, 5.41) is 6.96. The summed E-state index contributed by atoms with van der Waals surface area (Å²) in [4.78, 5) is 8.86. The predicted octanol–water partition coefficient (Wildman–Crippen LogP) is 3.23. The summed E-state index contributed by atoms with van der Waals surface area (Å²) in [7, 11) is 0. The standard InChI is InChI=1S/C16H28N4O/c1-5-7-13-14(17-6-2)18-11-19-15(13)20-12-8-9-21-16(3,4)10-12/h11-12H,5-10H2,1-4H3,(H2,17,18,19,20). The molecule has 0 aliphatic carbocycles. The van der Waals surface area contributed by atoms with Gasteiger partial charge in [-0.1, -0.05) is 13.3 Å². The van der Waals surface area contributed by atoms with Crippen LogP contribution in [0.3, 0.4) is 0 Å². The van der Waals surface area contributed by atoms with Gasteiger partial charge in [0.1, 0.15) is 18.0 Å². The Morgan fingerprint density at radius 1 is 1.29 bits per heavy atom. The van der Waals surface area contributed by atoms with Crippen molar-refractivity contribution >= 4 is 11.6 Å². The molecule has 0 saturated carbocycles. The predicted molar refractivity (Wildman–Crippen MR) is 86.9 cm³/mol. The quantitative estimate of drug-likeness (QED) is 0.843. The highest BCUT2D eigenvalue weighted by Gasteiger charge is 2.29. The molecular formula is C16H28N4O. The molecule has 118 valence electrons. The first-order chi connectivity index (χ1) is 10.1. The lowest BCUT2D eigenvalue weighted by Gasteiger charge is -2.36. The average Bonchev–Trinajstić information content (AvgIpc) is 2.41. The van der Waals surface area contributed by atoms with Crippen LogP contribution in [0.4, 0.5) is 11.6 Å². The van der Waals surface area contributed by atoms with Gasteiger partial charge in [-0.3, -0.25) is 0 Å². The topological polar surface area (TPSA) is 59.1 Å². The second kappa shape index (κ2) is 7.07. The molecule has 0 bridgehead atoms. The normalized spacial score (nSPS) is 21.0. The Bertz CT molecular complexity index is 462. The Morgan fingerprint density at radius 3 is 2.71 bits per heavy atom. The van der Waals surface area contributed by atoms with Gasteiger partial charge in [-0.15, -0.1) is 0 Å². The number of nitrogens with zero attached hydrogens (tertiary/aromatic N) is 2. The summed E-state index contributed by atoms with van der Waals surface area (Å²) in [6, 6.07) is 0.411. The summed E-state index contributed by atoms with van der Waals surface area (Å²) < 4.78 is 5.79. The Hall–Kier alpha value is -1.36. The Morgan fingerprint density at radius 2 is 2.05 bits per heavy atom. The van der Waals surface area contributed by atoms with Crippen molar-refractivity contribution in [2.75, 3.05) is 23.8 Å². The maximum Gasteiger partial charge on any atom is 0.134 e. The molecule has 1 aliphatic rings. The van der Waals surface area contributed by atoms with Gasteiger partial charge in [0, 0.05) is 24.8 Å². The minimum absolute atomic E-state index is 0.0572. The van der Waals surface area contributed by atoms with Crippen molar-refractivity contribution < 1.29 is 4.74 Å². The monoisotopic (exact) mass is 292 g/mol. The van der Waals surface area contributed by atoms with Crippen molar-refractivity contribution in [2.24, 2.45) is 0 Å². The lowest BCUT2D eigenvalue weighted by molar-refractivity contribution is -0.0553. The van der Waals surface area contributed by atoms with Crippen molar-refractivity contribution in [2.45, 2.75) is 65.0 Å². The number of hydrogen-bond donors (Lipinski definition) is 2. The smallest absolute Gasteiger partial charge is 0.134 e. The number of hydrogen-bond acceptors (Lipinski definition) is 5. The van der Waals surface area contributed by atoms with E-state index in [-0.39, 0.29) is 5.60 Å². The molecule has 5 heteroatoms. The molecule has 2 rings (SSSR count). The first kappa shape index (κ1) is 16.0. The molecule has 2 heterocycles. The fourth-order valence-corrected chi connectivity index (χ4v) is 2.89. The zero-order chi connectivity index (χ0) is 15.3. The van der Waals surface area contributed by atoms with Gasteiger partial charge < -0.3 is 15.4 Å². The molecule has 0 radical (unpaired) electrons. The first-order valence-corrected chi connectivity index (χ1v) is 8.04. The SMILES string of the molecule is CCCc1c(NCC)ncnc1NC1CCOC(C)(C)C1. The van der Waals surface area contributed by atoms with Crippen LogP contribution >= 0.6 is 0 Å². The van der Waals surface area contributed by atoms with E-state index in [2.05, 4.69) is 48.3 Å². The summed E-state index contributed by atoms with van der Waals surface area (Å²) in [6.45, 7) is 10.3. The molecule has 1 atom stereocenters. The van der Waals surface area contributed by atoms with Crippen LogP contribution in [0.25, 0.3) is 0 Å². The fourth-order valence-electron chi connectivity index (χ4n) is 2.89. The molecule has 0 amide bonds. The van der Waals surface area contributed by atoms with Crippen molar-refractivity contribution in [1.82, 2.24) is 9.97 Å². The Kier molecular flexibility index (Phi) is 5.39. The van der Waals surface area contributed by atoms with E-state index in [1.165, 1.54) is 5.56 Å². The van der Waals surface area contributed by atoms with Gasteiger partial charge in [0.05, 0.1) is 5.60 Å². The second-order valence-electron chi connectivity index (χ2n) is 6.27. The van der Waals surface area contributed by atoms with Crippen LogP contribution < -0.4 is 10.6 Å². The van der Waals surface area contributed by atoms with Crippen LogP contribution in [0.15, 0.2) is 6.33 Å². The highest BCUT2D eigenvalue weighted by Crippen LogP contribution is 2.28. The zero-order valence-electron chi connectivity index (χ0n) is 13.7. The Labute approximate surface area is 127 Å². The first-order valence-electron chi connectivity index (χ1n) is 8.04. The maximum atomic E-state index is 5.79. The van der Waals surface area contributed by atoms with E-state index in [4.69, 9.17) is 4.74 Å². The van der Waals surface area contributed by atoms with Crippen molar-refractivity contribution in [3.05, 3.63) is 11.9 Å². The van der Waals surface area contributed by atoms with Crippen LogP contribution in [0, 0.1) is 0 Å². The van der Waals surface area contributed by atoms with Crippen LogP contribution in [0.1, 0.15) is 52.5 Å². The van der Waals surface area contributed by atoms with E-state index in [0.717, 1.165) is 50.5 Å². The van der Waals surface area contributed by atoms with E-state index < -0.39 is 0 Å². The van der Waals surface area contributed by atoms with Crippen LogP contribution in [0.5, 0.6) is 0 Å². The van der Waals surface area contributed by atoms with Crippen molar-refractivity contribution in [1.29, 1.82) is 0 Å². The third-order valence-electron chi connectivity index (χ3n) is 3.83. The zero-order valence-corrected chi connectivity index (χ0v) is 13.7. The molecule has 0 aromatic carbocycles. The number of anilines is 2. The van der Waals surface area contributed by atoms with E-state index in [0.29, 0.717) is 6.04 Å². The van der Waals surface area contributed by atoms with Gasteiger partial charge in [0.2, 0.25) is 0 Å². The van der Waals surface area contributed by atoms with Crippen LogP contribution in [-0.2, 0) is 11.2 Å². The van der Waals surface area contributed by atoms with Gasteiger partial charge in [0.25, 0.3) is 0 Å². The van der Waals surface area contributed by atoms with Gasteiger partial charge in [-0.05, 0) is 40.0 Å². The second-order valence-corrected chi connectivity index (χ2v) is 6.27. The molecule has 21 heavy (non-hydrogen) atoms. The number of rotatable bonds is 6. The molecule has 1 aromatic heterocycles. The van der Waals surface area contributed by atoms with E-state index >= 15 is 0 Å². The van der Waals surface area contributed by atoms with E-state index in [1.54, 1.807) is 6.33 Å². The van der Waals surface area contributed by atoms with Crippen molar-refractivity contribution in [3.8, 4) is 0 Å². The number of aromatic nitrogens is 2. The van der Waals surface area contributed by atoms with Crippen LogP contribution in [0.2, 0.25) is 0 Å². The van der Waals surface area contributed by atoms with Crippen molar-refractivity contribution in [3.63, 3.8) is 0 Å². The van der Waals surface area contributed by atoms with Gasteiger partial charge in [-0.2, -0.15) is 0 Å². The minimum atomic E-state index is -0.0572. The maximum absolute atomic E-state index is 5.79. The highest BCUT2D eigenvalue weighted by molar-refractivity contribution is 5.57. The molecular weight excluding hydrogens is 264 g/mol. The molecule has 0 spiro atoms. The largest absolute Gasteiger partial charge is 0.375 e. The molecule has 2 N–H and O–H groups in total. The average molecular weight is 292 g/mol. The highest BCUT2D eigenvalue weighted by atomic mass is 16.5. The summed E-state index contributed by atoms with van der Waals surface area (Å²) in [5.74, 6) is 1.94. The van der Waals surface area contributed by atoms with Gasteiger partial charge in [0.15, 0.2) is 0 Å². The van der Waals surface area contributed by atoms with Gasteiger partial charge in [-0.25, -0.2) is 9.97 Å². The molecule has 1 fully saturated rings. The summed E-state index contributed by atoms with van der Waals surface area (Å²) in [5.41, 5.74) is 1.14. The summed E-state index contributed by atoms with van der Waals surface area (Å²) >= 11 is 0. The molecule has 1 saturated heterocycles. The third kappa shape index (κ3) is 4.30. The molecule has 1 unspecified atom stereocenters. The summed E-state index contributed by atoms with van der Waals surface area (Å²) in [6.07, 6.45) is 5.73. The molecule has 1 aromatic rings. The number of nitrogens with one attached hydrogen (secondary N) is 2. The molecule has 5 nitrogen and oxygen atoms in total. The lowest BCUT2D eigenvalue weighted by Crippen LogP contribution is -2.40. The number of ether oxygens (including phenoxy) is 1. The van der Waals surface area contributed by atoms with E-state index in [1.807, 2.05) is 0 Å². The van der Waals surface area contributed by atoms with Gasteiger partial charge >= 0.3 is 0 Å². The Balaban J connectivity index is 2.16. The van der Waals surface area contributed by atoms with Crippen LogP contribution in [-0.4, -0.2) is 34.8 Å².